The van der Waals surface area contributed by atoms with E-state index in [1.54, 1.807) is 25.4 Å². The largest absolute Gasteiger partial charge is 0.493 e. The summed E-state index contributed by atoms with van der Waals surface area (Å²) in [4.78, 5) is 4.25. The van der Waals surface area contributed by atoms with E-state index in [4.69, 9.17) is 4.74 Å². The molecule has 1 unspecified atom stereocenters. The van der Waals surface area contributed by atoms with Crippen molar-refractivity contribution in [3.05, 3.63) is 54.0 Å². The second-order valence-electron chi connectivity index (χ2n) is 4.43. The first-order valence-electron chi connectivity index (χ1n) is 6.19. The molecule has 0 aliphatic carbocycles. The van der Waals surface area contributed by atoms with Gasteiger partial charge in [-0.05, 0) is 43.2 Å². The molecule has 1 aromatic heterocycles. The van der Waals surface area contributed by atoms with Crippen LogP contribution in [0.1, 0.15) is 12.5 Å². The normalized spacial score (nSPS) is 11.9. The fourth-order valence-corrected chi connectivity index (χ4v) is 1.92. The van der Waals surface area contributed by atoms with Crippen LogP contribution in [0.3, 0.4) is 0 Å². The van der Waals surface area contributed by atoms with Crippen molar-refractivity contribution in [3.8, 4) is 5.75 Å². The van der Waals surface area contributed by atoms with E-state index in [1.807, 2.05) is 12.1 Å². The van der Waals surface area contributed by atoms with Crippen LogP contribution >= 0.6 is 0 Å². The highest BCUT2D eigenvalue weighted by atomic mass is 19.1. The number of rotatable bonds is 5. The lowest BCUT2D eigenvalue weighted by Crippen LogP contribution is -2.19. The number of halogens is 1. The number of hydrogen-bond acceptors (Lipinski definition) is 3. The Balaban J connectivity index is 2.01. The molecule has 0 aliphatic heterocycles. The molecule has 2 aromatic rings. The van der Waals surface area contributed by atoms with Crippen LogP contribution in [0.2, 0.25) is 0 Å². The summed E-state index contributed by atoms with van der Waals surface area (Å²) in [5.74, 6) is 1.23. The zero-order valence-corrected chi connectivity index (χ0v) is 11.1. The average Bonchev–Trinajstić information content (AvgIpc) is 2.42. The molecular weight excluding hydrogens is 243 g/mol. The minimum absolute atomic E-state index is 0.175. The topological polar surface area (TPSA) is 34.1 Å². The predicted octanol–water partition coefficient (Wildman–Crippen LogP) is 3.27. The summed E-state index contributed by atoms with van der Waals surface area (Å²) in [6.45, 7) is 2.05. The van der Waals surface area contributed by atoms with Crippen LogP contribution in [-0.4, -0.2) is 18.1 Å². The summed E-state index contributed by atoms with van der Waals surface area (Å²) in [5, 5.41) is 3.29. The van der Waals surface area contributed by atoms with Crippen molar-refractivity contribution in [3.63, 3.8) is 0 Å². The van der Waals surface area contributed by atoms with E-state index < -0.39 is 0 Å². The molecule has 1 aromatic carbocycles. The lowest BCUT2D eigenvalue weighted by atomic mass is 10.1. The summed E-state index contributed by atoms with van der Waals surface area (Å²) >= 11 is 0. The Morgan fingerprint density at radius 3 is 2.68 bits per heavy atom. The van der Waals surface area contributed by atoms with E-state index >= 15 is 0 Å². The number of nitrogens with one attached hydrogen (secondary N) is 1. The van der Waals surface area contributed by atoms with Crippen LogP contribution in [0, 0.1) is 5.82 Å². The van der Waals surface area contributed by atoms with Gasteiger partial charge in [-0.2, -0.15) is 0 Å². The fourth-order valence-electron chi connectivity index (χ4n) is 1.92. The maximum Gasteiger partial charge on any atom is 0.168 e. The highest BCUT2D eigenvalue weighted by Crippen LogP contribution is 2.21. The Labute approximate surface area is 112 Å². The van der Waals surface area contributed by atoms with Crippen LogP contribution < -0.4 is 10.1 Å². The number of aromatic nitrogens is 1. The molecular formula is C15H17FN2O. The molecule has 0 fully saturated rings. The second-order valence-corrected chi connectivity index (χ2v) is 4.43. The molecule has 1 atom stereocenters. The molecule has 1 heterocycles. The molecule has 0 saturated carbocycles. The van der Waals surface area contributed by atoms with Crippen molar-refractivity contribution < 1.29 is 9.13 Å². The molecule has 0 spiro atoms. The van der Waals surface area contributed by atoms with Crippen LogP contribution in [-0.2, 0) is 6.42 Å². The maximum atomic E-state index is 12.8. The van der Waals surface area contributed by atoms with Crippen molar-refractivity contribution >= 4 is 5.82 Å². The van der Waals surface area contributed by atoms with Crippen molar-refractivity contribution in [1.82, 2.24) is 4.98 Å². The predicted molar refractivity (Wildman–Crippen MR) is 74.0 cm³/mol. The quantitative estimate of drug-likeness (QED) is 0.896. The van der Waals surface area contributed by atoms with Crippen LogP contribution in [0.25, 0.3) is 0 Å². The summed E-state index contributed by atoms with van der Waals surface area (Å²) in [6, 6.07) is 10.4. The summed E-state index contributed by atoms with van der Waals surface area (Å²) < 4.78 is 18.1. The molecule has 0 amide bonds. The molecule has 0 saturated heterocycles. The third-order valence-corrected chi connectivity index (χ3v) is 2.83. The Bertz CT molecular complexity index is 528. The molecule has 0 radical (unpaired) electrons. The van der Waals surface area contributed by atoms with E-state index in [0.29, 0.717) is 5.75 Å². The highest BCUT2D eigenvalue weighted by molar-refractivity contribution is 5.50. The van der Waals surface area contributed by atoms with Gasteiger partial charge in [0.1, 0.15) is 5.82 Å². The summed E-state index contributed by atoms with van der Waals surface area (Å²) in [7, 11) is 1.62. The first-order chi connectivity index (χ1) is 9.19. The van der Waals surface area contributed by atoms with Gasteiger partial charge >= 0.3 is 0 Å². The Morgan fingerprint density at radius 1 is 1.26 bits per heavy atom. The minimum Gasteiger partial charge on any atom is -0.493 e. The molecule has 19 heavy (non-hydrogen) atoms. The van der Waals surface area contributed by atoms with Gasteiger partial charge in [0.05, 0.1) is 7.11 Å². The molecule has 0 aliphatic rings. The maximum absolute atomic E-state index is 12.8. The first kappa shape index (κ1) is 13.3. The SMILES string of the molecule is COc1cccnc1NC(C)Cc1ccc(F)cc1. The zero-order valence-electron chi connectivity index (χ0n) is 11.1. The van der Waals surface area contributed by atoms with Crippen LogP contribution in [0.5, 0.6) is 5.75 Å². The third-order valence-electron chi connectivity index (χ3n) is 2.83. The van der Waals surface area contributed by atoms with Gasteiger partial charge in [-0.15, -0.1) is 0 Å². The first-order valence-corrected chi connectivity index (χ1v) is 6.19. The van der Waals surface area contributed by atoms with Gasteiger partial charge in [-0.25, -0.2) is 9.37 Å². The van der Waals surface area contributed by atoms with E-state index in [0.717, 1.165) is 17.8 Å². The lowest BCUT2D eigenvalue weighted by Gasteiger charge is -2.16. The monoisotopic (exact) mass is 260 g/mol. The van der Waals surface area contributed by atoms with Gasteiger partial charge in [-0.3, -0.25) is 0 Å². The second kappa shape index (κ2) is 6.18. The van der Waals surface area contributed by atoms with Crippen LogP contribution in [0.15, 0.2) is 42.6 Å². The van der Waals surface area contributed by atoms with Gasteiger partial charge < -0.3 is 10.1 Å². The lowest BCUT2D eigenvalue weighted by molar-refractivity contribution is 0.414. The van der Waals surface area contributed by atoms with Gasteiger partial charge in [0.2, 0.25) is 0 Å². The van der Waals surface area contributed by atoms with Crippen molar-refractivity contribution in [2.45, 2.75) is 19.4 Å². The molecule has 3 nitrogen and oxygen atoms in total. The van der Waals surface area contributed by atoms with Crippen molar-refractivity contribution in [2.24, 2.45) is 0 Å². The van der Waals surface area contributed by atoms with Gasteiger partial charge in [0, 0.05) is 12.2 Å². The number of methoxy groups -OCH3 is 1. The summed E-state index contributed by atoms with van der Waals surface area (Å²) in [5.41, 5.74) is 1.08. The van der Waals surface area contributed by atoms with E-state index in [1.165, 1.54) is 12.1 Å². The number of pyridine rings is 1. The Morgan fingerprint density at radius 2 is 2.00 bits per heavy atom. The number of nitrogens with zero attached hydrogens (tertiary/aromatic N) is 1. The van der Waals surface area contributed by atoms with Gasteiger partial charge in [0.25, 0.3) is 0 Å². The number of benzene rings is 1. The number of ether oxygens (including phenoxy) is 1. The van der Waals surface area contributed by atoms with E-state index in [9.17, 15) is 4.39 Å². The smallest absolute Gasteiger partial charge is 0.168 e. The fraction of sp³-hybridized carbons (Fsp3) is 0.267. The number of anilines is 1. The van der Waals surface area contributed by atoms with Crippen molar-refractivity contribution in [1.29, 1.82) is 0 Å². The molecule has 2 rings (SSSR count). The average molecular weight is 260 g/mol. The highest BCUT2D eigenvalue weighted by Gasteiger charge is 2.08. The summed E-state index contributed by atoms with van der Waals surface area (Å²) in [6.07, 6.45) is 2.51. The van der Waals surface area contributed by atoms with Gasteiger partial charge in [-0.1, -0.05) is 12.1 Å². The van der Waals surface area contributed by atoms with E-state index in [-0.39, 0.29) is 11.9 Å². The van der Waals surface area contributed by atoms with E-state index in [2.05, 4.69) is 17.2 Å². The molecule has 0 bridgehead atoms. The molecule has 1 N–H and O–H groups in total. The standard InChI is InChI=1S/C15H17FN2O/c1-11(10-12-5-7-13(16)8-6-12)18-15-14(19-2)4-3-9-17-15/h3-9,11H,10H2,1-2H3,(H,17,18). The minimum atomic E-state index is -0.212. The molecule has 100 valence electrons. The zero-order chi connectivity index (χ0) is 13.7. The Kier molecular flexibility index (Phi) is 4.34. The Hall–Kier alpha value is -2.10. The molecule has 4 heteroatoms. The van der Waals surface area contributed by atoms with Gasteiger partial charge in [0.15, 0.2) is 11.6 Å². The van der Waals surface area contributed by atoms with Crippen LogP contribution in [0.4, 0.5) is 10.2 Å². The number of hydrogen-bond donors (Lipinski definition) is 1. The van der Waals surface area contributed by atoms with Crippen molar-refractivity contribution in [2.75, 3.05) is 12.4 Å². The third kappa shape index (κ3) is 3.68.